The van der Waals surface area contributed by atoms with E-state index in [2.05, 4.69) is 5.32 Å². The van der Waals surface area contributed by atoms with E-state index in [9.17, 15) is 18.0 Å². The maximum atomic E-state index is 12.8. The molecule has 10 nitrogen and oxygen atoms in total. The molecule has 2 aliphatic rings. The van der Waals surface area contributed by atoms with Crippen molar-refractivity contribution in [2.75, 3.05) is 44.8 Å². The van der Waals surface area contributed by atoms with Gasteiger partial charge >= 0.3 is 5.97 Å². The number of benzene rings is 2. The Morgan fingerprint density at radius 2 is 1.73 bits per heavy atom. The number of hydrogen-bond donors (Lipinski definition) is 1. The fraction of sp³-hybridized carbons (Fsp3) is 0.364. The number of anilines is 1. The van der Waals surface area contributed by atoms with Crippen LogP contribution in [0.2, 0.25) is 0 Å². The summed E-state index contributed by atoms with van der Waals surface area (Å²) in [4.78, 5) is 25.1. The zero-order chi connectivity index (χ0) is 23.4. The molecule has 2 heterocycles. The molecular weight excluding hydrogens is 452 g/mol. The zero-order valence-electron chi connectivity index (χ0n) is 18.0. The number of carbonyl (C=O) groups excluding carboxylic acids is 2. The number of nitrogens with zero attached hydrogens (tertiary/aromatic N) is 1. The van der Waals surface area contributed by atoms with Gasteiger partial charge in [0.2, 0.25) is 10.0 Å². The lowest BCUT2D eigenvalue weighted by atomic mass is 10.2. The van der Waals surface area contributed by atoms with Crippen molar-refractivity contribution in [3.05, 3.63) is 48.0 Å². The summed E-state index contributed by atoms with van der Waals surface area (Å²) in [6.07, 6.45) is -1.12. The number of esters is 1. The van der Waals surface area contributed by atoms with E-state index in [1.165, 1.54) is 41.6 Å². The number of ether oxygens (including phenoxy) is 4. The number of carbonyl (C=O) groups is 2. The fourth-order valence-corrected chi connectivity index (χ4v) is 4.82. The summed E-state index contributed by atoms with van der Waals surface area (Å²) in [6, 6.07) is 10.6. The van der Waals surface area contributed by atoms with Gasteiger partial charge in [0.15, 0.2) is 17.6 Å². The van der Waals surface area contributed by atoms with Crippen LogP contribution < -0.4 is 14.8 Å². The van der Waals surface area contributed by atoms with Crippen LogP contribution in [0.25, 0.3) is 0 Å². The molecule has 1 fully saturated rings. The Morgan fingerprint density at radius 3 is 2.48 bits per heavy atom. The Morgan fingerprint density at radius 1 is 1.00 bits per heavy atom. The molecular formula is C22H24N2O8S. The first kappa shape index (κ1) is 23.0. The SMILES string of the molecule is C[C@@H](OC(=O)c1ccc2c(c1)OCCO2)C(=O)Nc1cccc(S(=O)(=O)N2CCOCC2)c1. The Kier molecular flexibility index (Phi) is 6.82. The minimum Gasteiger partial charge on any atom is -0.486 e. The molecule has 0 spiro atoms. The monoisotopic (exact) mass is 476 g/mol. The van der Waals surface area contributed by atoms with E-state index < -0.39 is 28.0 Å². The van der Waals surface area contributed by atoms with Crippen LogP contribution in [0.15, 0.2) is 47.4 Å². The largest absolute Gasteiger partial charge is 0.486 e. The maximum absolute atomic E-state index is 12.8. The van der Waals surface area contributed by atoms with E-state index in [-0.39, 0.29) is 29.2 Å². The third-order valence-corrected chi connectivity index (χ3v) is 7.03. The van der Waals surface area contributed by atoms with Crippen LogP contribution in [0.4, 0.5) is 5.69 Å². The summed E-state index contributed by atoms with van der Waals surface area (Å²) in [7, 11) is -3.71. The Balaban J connectivity index is 1.40. The van der Waals surface area contributed by atoms with Crippen LogP contribution in [-0.2, 0) is 24.3 Å². The molecule has 11 heteroatoms. The predicted molar refractivity (Wildman–Crippen MR) is 117 cm³/mol. The van der Waals surface area contributed by atoms with Crippen molar-refractivity contribution in [2.45, 2.75) is 17.9 Å². The van der Waals surface area contributed by atoms with Crippen molar-refractivity contribution >= 4 is 27.6 Å². The van der Waals surface area contributed by atoms with E-state index in [1.807, 2.05) is 0 Å². The third-order valence-electron chi connectivity index (χ3n) is 5.14. The van der Waals surface area contributed by atoms with Gasteiger partial charge in [0, 0.05) is 18.8 Å². The highest BCUT2D eigenvalue weighted by molar-refractivity contribution is 7.89. The van der Waals surface area contributed by atoms with Crippen LogP contribution >= 0.6 is 0 Å². The number of nitrogens with one attached hydrogen (secondary N) is 1. The number of amides is 1. The molecule has 2 aromatic carbocycles. The second-order valence-corrected chi connectivity index (χ2v) is 9.38. The molecule has 1 N–H and O–H groups in total. The van der Waals surface area contributed by atoms with Crippen LogP contribution in [0.1, 0.15) is 17.3 Å². The van der Waals surface area contributed by atoms with Gasteiger partial charge in [-0.1, -0.05) is 6.07 Å². The van der Waals surface area contributed by atoms with Gasteiger partial charge in [0.1, 0.15) is 13.2 Å². The summed E-state index contributed by atoms with van der Waals surface area (Å²) in [5.74, 6) is -0.318. The first-order valence-corrected chi connectivity index (χ1v) is 11.9. The number of sulfonamides is 1. The van der Waals surface area contributed by atoms with Crippen LogP contribution in [-0.4, -0.2) is 70.2 Å². The van der Waals surface area contributed by atoms with Crippen molar-refractivity contribution < 1.29 is 37.0 Å². The lowest BCUT2D eigenvalue weighted by Gasteiger charge is -2.26. The topological polar surface area (TPSA) is 120 Å². The smallest absolute Gasteiger partial charge is 0.339 e. The second kappa shape index (κ2) is 9.77. The first-order valence-electron chi connectivity index (χ1n) is 10.4. The molecule has 4 rings (SSSR count). The standard InChI is InChI=1S/C22H24N2O8S/c1-15(32-22(26)16-5-6-19-20(13-16)31-12-11-30-19)21(25)23-17-3-2-4-18(14-17)33(27,28)24-7-9-29-10-8-24/h2-6,13-15H,7-12H2,1H3,(H,23,25)/t15-/m1/s1. The van der Waals surface area contributed by atoms with Crippen molar-refractivity contribution in [1.82, 2.24) is 4.31 Å². The number of morpholine rings is 1. The van der Waals surface area contributed by atoms with Gasteiger partial charge in [0.05, 0.1) is 23.7 Å². The average molecular weight is 477 g/mol. The maximum Gasteiger partial charge on any atom is 0.339 e. The molecule has 33 heavy (non-hydrogen) atoms. The summed E-state index contributed by atoms with van der Waals surface area (Å²) in [6.45, 7) is 3.45. The number of rotatable bonds is 6. The summed E-state index contributed by atoms with van der Waals surface area (Å²) < 4.78 is 48.4. The van der Waals surface area contributed by atoms with Gasteiger partial charge in [-0.3, -0.25) is 4.79 Å². The Bertz CT molecular complexity index is 1140. The highest BCUT2D eigenvalue weighted by atomic mass is 32.2. The van der Waals surface area contributed by atoms with E-state index in [1.54, 1.807) is 12.1 Å². The van der Waals surface area contributed by atoms with Crippen molar-refractivity contribution in [3.63, 3.8) is 0 Å². The minimum atomic E-state index is -3.71. The molecule has 1 amide bonds. The van der Waals surface area contributed by atoms with Gasteiger partial charge in [-0.2, -0.15) is 4.31 Å². The number of hydrogen-bond acceptors (Lipinski definition) is 8. The molecule has 2 aromatic rings. The van der Waals surface area contributed by atoms with Crippen LogP contribution in [0.5, 0.6) is 11.5 Å². The molecule has 0 aliphatic carbocycles. The third kappa shape index (κ3) is 5.27. The molecule has 0 unspecified atom stereocenters. The highest BCUT2D eigenvalue weighted by Gasteiger charge is 2.27. The number of fused-ring (bicyclic) bond motifs is 1. The lowest BCUT2D eigenvalue weighted by Crippen LogP contribution is -2.40. The van der Waals surface area contributed by atoms with E-state index in [4.69, 9.17) is 18.9 Å². The summed E-state index contributed by atoms with van der Waals surface area (Å²) in [5, 5.41) is 2.60. The van der Waals surface area contributed by atoms with Gasteiger partial charge in [0.25, 0.3) is 5.91 Å². The fourth-order valence-electron chi connectivity index (χ4n) is 3.37. The van der Waals surface area contributed by atoms with Gasteiger partial charge in [-0.15, -0.1) is 0 Å². The Hall–Kier alpha value is -3.15. The molecule has 1 atom stereocenters. The molecule has 2 aliphatic heterocycles. The molecule has 0 radical (unpaired) electrons. The zero-order valence-corrected chi connectivity index (χ0v) is 18.8. The van der Waals surface area contributed by atoms with Gasteiger partial charge in [-0.25, -0.2) is 13.2 Å². The minimum absolute atomic E-state index is 0.0585. The normalized spacial score (nSPS) is 17.1. The van der Waals surface area contributed by atoms with Gasteiger partial charge in [-0.05, 0) is 43.3 Å². The quantitative estimate of drug-likeness (QED) is 0.625. The summed E-state index contributed by atoms with van der Waals surface area (Å²) in [5.41, 5.74) is 0.495. The van der Waals surface area contributed by atoms with Crippen molar-refractivity contribution in [3.8, 4) is 11.5 Å². The molecule has 0 aromatic heterocycles. The molecule has 0 bridgehead atoms. The van der Waals surface area contributed by atoms with Crippen molar-refractivity contribution in [1.29, 1.82) is 0 Å². The molecule has 1 saturated heterocycles. The van der Waals surface area contributed by atoms with Gasteiger partial charge < -0.3 is 24.3 Å². The highest BCUT2D eigenvalue weighted by Crippen LogP contribution is 2.31. The first-order chi connectivity index (χ1) is 15.8. The second-order valence-electron chi connectivity index (χ2n) is 7.44. The molecule has 176 valence electrons. The summed E-state index contributed by atoms with van der Waals surface area (Å²) >= 11 is 0. The Labute approximate surface area is 191 Å². The predicted octanol–water partition coefficient (Wildman–Crippen LogP) is 1.66. The van der Waals surface area contributed by atoms with E-state index >= 15 is 0 Å². The van der Waals surface area contributed by atoms with Crippen LogP contribution in [0.3, 0.4) is 0 Å². The molecule has 0 saturated carbocycles. The van der Waals surface area contributed by atoms with Crippen molar-refractivity contribution in [2.24, 2.45) is 0 Å². The lowest BCUT2D eigenvalue weighted by molar-refractivity contribution is -0.123. The van der Waals surface area contributed by atoms with Crippen LogP contribution in [0, 0.1) is 0 Å². The van der Waals surface area contributed by atoms with E-state index in [0.29, 0.717) is 37.9 Å². The van der Waals surface area contributed by atoms with E-state index in [0.717, 1.165) is 0 Å². The average Bonchev–Trinajstić information content (AvgIpc) is 2.84.